The Bertz CT molecular complexity index is 918. The lowest BCUT2D eigenvalue weighted by Gasteiger charge is -2.06. The summed E-state index contributed by atoms with van der Waals surface area (Å²) >= 11 is 5.89. The molecular weight excluding hydrogens is 376 g/mol. The van der Waals surface area contributed by atoms with E-state index in [2.05, 4.69) is 12.0 Å². The van der Waals surface area contributed by atoms with Crippen molar-refractivity contribution in [2.24, 2.45) is 0 Å². The second-order valence-electron chi connectivity index (χ2n) is 6.29. The molecule has 0 spiro atoms. The quantitative estimate of drug-likeness (QED) is 0.438. The molecule has 0 saturated carbocycles. The Labute approximate surface area is 169 Å². The van der Waals surface area contributed by atoms with Gasteiger partial charge in [-0.25, -0.2) is 4.79 Å². The Morgan fingerprint density at radius 3 is 2.29 bits per heavy atom. The molecule has 0 unspecified atom stereocenters. The molecule has 0 fully saturated rings. The van der Waals surface area contributed by atoms with Crippen molar-refractivity contribution in [3.8, 4) is 22.8 Å². The summed E-state index contributed by atoms with van der Waals surface area (Å²) in [5.74, 6) is 1.08. The van der Waals surface area contributed by atoms with Crippen LogP contribution in [0.15, 0.2) is 54.6 Å². The largest absolute Gasteiger partial charge is 0.461 e. The van der Waals surface area contributed by atoms with Crippen molar-refractivity contribution in [3.05, 3.63) is 65.3 Å². The SMILES string of the molecule is CCCCn1nc(-c2ccc(Oc3ccc(Cl)cc3)cc2)cc1C(=O)OCC. The van der Waals surface area contributed by atoms with E-state index in [0.29, 0.717) is 35.4 Å². The smallest absolute Gasteiger partial charge is 0.356 e. The number of unbranched alkanes of at least 4 members (excludes halogenated alkanes) is 1. The summed E-state index contributed by atoms with van der Waals surface area (Å²) in [6.45, 7) is 4.92. The van der Waals surface area contributed by atoms with Crippen molar-refractivity contribution in [2.45, 2.75) is 33.2 Å². The Hall–Kier alpha value is -2.79. The van der Waals surface area contributed by atoms with Crippen LogP contribution in [0.2, 0.25) is 5.02 Å². The van der Waals surface area contributed by atoms with Crippen LogP contribution < -0.4 is 4.74 Å². The van der Waals surface area contributed by atoms with Gasteiger partial charge in [0, 0.05) is 17.1 Å². The maximum atomic E-state index is 12.2. The van der Waals surface area contributed by atoms with Crippen molar-refractivity contribution in [3.63, 3.8) is 0 Å². The molecule has 0 aliphatic heterocycles. The molecule has 146 valence electrons. The van der Waals surface area contributed by atoms with Gasteiger partial charge in [0.15, 0.2) is 0 Å². The van der Waals surface area contributed by atoms with Gasteiger partial charge in [-0.1, -0.05) is 24.9 Å². The molecule has 0 amide bonds. The maximum absolute atomic E-state index is 12.2. The summed E-state index contributed by atoms with van der Waals surface area (Å²) in [6.07, 6.45) is 1.97. The van der Waals surface area contributed by atoms with E-state index in [9.17, 15) is 4.79 Å². The summed E-state index contributed by atoms with van der Waals surface area (Å²) in [5, 5.41) is 5.27. The van der Waals surface area contributed by atoms with Crippen molar-refractivity contribution in [1.82, 2.24) is 9.78 Å². The average Bonchev–Trinajstić information content (AvgIpc) is 3.13. The van der Waals surface area contributed by atoms with Gasteiger partial charge < -0.3 is 9.47 Å². The standard InChI is InChI=1S/C22H23ClN2O3/c1-3-5-14-25-21(22(26)27-4-2)15-20(24-25)16-6-10-18(11-7-16)28-19-12-8-17(23)9-13-19/h6-13,15H,3-5,14H2,1-2H3. The fourth-order valence-corrected chi connectivity index (χ4v) is 2.86. The van der Waals surface area contributed by atoms with E-state index in [1.54, 1.807) is 29.8 Å². The summed E-state index contributed by atoms with van der Waals surface area (Å²) in [7, 11) is 0. The molecule has 0 saturated heterocycles. The van der Waals surface area contributed by atoms with Crippen LogP contribution >= 0.6 is 11.6 Å². The predicted molar refractivity (Wildman–Crippen MR) is 110 cm³/mol. The molecule has 5 nitrogen and oxygen atoms in total. The number of halogens is 1. The van der Waals surface area contributed by atoms with E-state index in [1.165, 1.54) is 0 Å². The van der Waals surface area contributed by atoms with Gasteiger partial charge in [0.1, 0.15) is 17.2 Å². The molecule has 2 aromatic carbocycles. The number of nitrogens with zero attached hydrogens (tertiary/aromatic N) is 2. The van der Waals surface area contributed by atoms with Crippen molar-refractivity contribution >= 4 is 17.6 Å². The lowest BCUT2D eigenvalue weighted by Crippen LogP contribution is -2.13. The Balaban J connectivity index is 1.80. The second kappa shape index (κ2) is 9.42. The summed E-state index contributed by atoms with van der Waals surface area (Å²) < 4.78 is 12.7. The summed E-state index contributed by atoms with van der Waals surface area (Å²) in [5.41, 5.74) is 2.12. The first-order valence-corrected chi connectivity index (χ1v) is 9.77. The van der Waals surface area contributed by atoms with E-state index in [1.807, 2.05) is 36.4 Å². The number of carbonyl (C=O) groups excluding carboxylic acids is 1. The number of esters is 1. The third kappa shape index (κ3) is 4.93. The topological polar surface area (TPSA) is 53.4 Å². The second-order valence-corrected chi connectivity index (χ2v) is 6.73. The van der Waals surface area contributed by atoms with E-state index in [4.69, 9.17) is 21.1 Å². The van der Waals surface area contributed by atoms with Crippen LogP contribution in [0.1, 0.15) is 37.2 Å². The lowest BCUT2D eigenvalue weighted by molar-refractivity contribution is 0.0511. The molecule has 0 atom stereocenters. The molecule has 0 bridgehead atoms. The van der Waals surface area contributed by atoms with Crippen LogP contribution in [-0.2, 0) is 11.3 Å². The third-order valence-electron chi connectivity index (χ3n) is 4.19. The summed E-state index contributed by atoms with van der Waals surface area (Å²) in [6, 6.07) is 16.6. The van der Waals surface area contributed by atoms with E-state index in [-0.39, 0.29) is 5.97 Å². The fourth-order valence-electron chi connectivity index (χ4n) is 2.74. The van der Waals surface area contributed by atoms with Crippen LogP contribution in [0.5, 0.6) is 11.5 Å². The number of carbonyl (C=O) groups is 1. The Kier molecular flexibility index (Phi) is 6.71. The van der Waals surface area contributed by atoms with Crippen LogP contribution in [0.4, 0.5) is 0 Å². The average molecular weight is 399 g/mol. The molecule has 0 aliphatic carbocycles. The third-order valence-corrected chi connectivity index (χ3v) is 4.44. The number of hydrogen-bond donors (Lipinski definition) is 0. The van der Waals surface area contributed by atoms with Crippen LogP contribution in [0.3, 0.4) is 0 Å². The number of hydrogen-bond acceptors (Lipinski definition) is 4. The highest BCUT2D eigenvalue weighted by atomic mass is 35.5. The van der Waals surface area contributed by atoms with Gasteiger partial charge >= 0.3 is 5.97 Å². The highest BCUT2D eigenvalue weighted by Crippen LogP contribution is 2.27. The Morgan fingerprint density at radius 1 is 1.04 bits per heavy atom. The lowest BCUT2D eigenvalue weighted by atomic mass is 10.1. The molecule has 0 N–H and O–H groups in total. The first-order chi connectivity index (χ1) is 13.6. The first-order valence-electron chi connectivity index (χ1n) is 9.39. The molecule has 28 heavy (non-hydrogen) atoms. The van der Waals surface area contributed by atoms with Crippen molar-refractivity contribution < 1.29 is 14.3 Å². The zero-order valence-electron chi connectivity index (χ0n) is 16.0. The molecule has 1 aromatic heterocycles. The molecule has 3 rings (SSSR count). The molecule has 0 aliphatic rings. The molecule has 0 radical (unpaired) electrons. The van der Waals surface area contributed by atoms with Crippen LogP contribution in [0.25, 0.3) is 11.3 Å². The molecular formula is C22H23ClN2O3. The molecule has 1 heterocycles. The van der Waals surface area contributed by atoms with Gasteiger partial charge in [-0.2, -0.15) is 5.10 Å². The minimum atomic E-state index is -0.347. The normalized spacial score (nSPS) is 10.7. The Morgan fingerprint density at radius 2 is 1.68 bits per heavy atom. The van der Waals surface area contributed by atoms with Crippen molar-refractivity contribution in [1.29, 1.82) is 0 Å². The van der Waals surface area contributed by atoms with E-state index < -0.39 is 0 Å². The minimum Gasteiger partial charge on any atom is -0.461 e. The predicted octanol–water partition coefficient (Wildman–Crippen LogP) is 5.97. The first kappa shape index (κ1) is 20.0. The summed E-state index contributed by atoms with van der Waals surface area (Å²) in [4.78, 5) is 12.2. The zero-order chi connectivity index (χ0) is 19.9. The van der Waals surface area contributed by atoms with Gasteiger partial charge in [-0.05, 0) is 67.9 Å². The number of rotatable bonds is 8. The number of aryl methyl sites for hydroxylation is 1. The number of benzene rings is 2. The highest BCUT2D eigenvalue weighted by molar-refractivity contribution is 6.30. The van der Waals surface area contributed by atoms with Crippen LogP contribution in [0, 0.1) is 0 Å². The van der Waals surface area contributed by atoms with Gasteiger partial charge in [0.05, 0.1) is 12.3 Å². The van der Waals surface area contributed by atoms with E-state index >= 15 is 0 Å². The van der Waals surface area contributed by atoms with Crippen molar-refractivity contribution in [2.75, 3.05) is 6.61 Å². The maximum Gasteiger partial charge on any atom is 0.356 e. The van der Waals surface area contributed by atoms with Crippen LogP contribution in [-0.4, -0.2) is 22.4 Å². The monoisotopic (exact) mass is 398 g/mol. The van der Waals surface area contributed by atoms with Gasteiger partial charge in [0.2, 0.25) is 0 Å². The highest BCUT2D eigenvalue weighted by Gasteiger charge is 2.17. The zero-order valence-corrected chi connectivity index (χ0v) is 16.8. The van der Waals surface area contributed by atoms with Gasteiger partial charge in [-0.15, -0.1) is 0 Å². The number of aromatic nitrogens is 2. The van der Waals surface area contributed by atoms with Gasteiger partial charge in [-0.3, -0.25) is 4.68 Å². The van der Waals surface area contributed by atoms with Gasteiger partial charge in [0.25, 0.3) is 0 Å². The fraction of sp³-hybridized carbons (Fsp3) is 0.273. The van der Waals surface area contributed by atoms with E-state index in [0.717, 1.165) is 24.1 Å². The molecule has 6 heteroatoms. The molecule has 3 aromatic rings. The number of ether oxygens (including phenoxy) is 2. The minimum absolute atomic E-state index is 0.337.